The van der Waals surface area contributed by atoms with Gasteiger partial charge >= 0.3 is 0 Å². The van der Waals surface area contributed by atoms with Crippen molar-refractivity contribution in [1.29, 1.82) is 0 Å². The lowest BCUT2D eigenvalue weighted by Crippen LogP contribution is -2.33. The molecule has 2 aromatic rings. The summed E-state index contributed by atoms with van der Waals surface area (Å²) in [6.45, 7) is 3.07. The summed E-state index contributed by atoms with van der Waals surface area (Å²) in [5, 5.41) is 13.1. The number of nitrogens with one attached hydrogen (secondary N) is 1. The molecule has 0 aliphatic heterocycles. The molecule has 0 saturated heterocycles. The van der Waals surface area contributed by atoms with Crippen LogP contribution in [0.15, 0.2) is 53.0 Å². The Labute approximate surface area is 129 Å². The molecule has 20 heavy (non-hydrogen) atoms. The Hall–Kier alpha value is -1.32. The van der Waals surface area contributed by atoms with E-state index in [9.17, 15) is 5.11 Å². The van der Waals surface area contributed by atoms with Crippen molar-refractivity contribution in [3.05, 3.63) is 64.1 Å². The summed E-state index contributed by atoms with van der Waals surface area (Å²) in [6.07, 6.45) is 1.90. The Balaban J connectivity index is 2.05. The van der Waals surface area contributed by atoms with Gasteiger partial charge in [0.1, 0.15) is 5.75 Å². The molecule has 0 aliphatic rings. The van der Waals surface area contributed by atoms with Gasteiger partial charge in [-0.15, -0.1) is 0 Å². The zero-order chi connectivity index (χ0) is 14.4. The van der Waals surface area contributed by atoms with Crippen LogP contribution in [0.2, 0.25) is 0 Å². The molecule has 3 heteroatoms. The maximum Gasteiger partial charge on any atom is 0.115 e. The minimum absolute atomic E-state index is 0.335. The quantitative estimate of drug-likeness (QED) is 0.839. The van der Waals surface area contributed by atoms with Gasteiger partial charge in [0.2, 0.25) is 0 Å². The number of phenols is 1. The van der Waals surface area contributed by atoms with Crippen molar-refractivity contribution < 1.29 is 5.11 Å². The molecule has 0 fully saturated rings. The smallest absolute Gasteiger partial charge is 0.115 e. The van der Waals surface area contributed by atoms with Gasteiger partial charge in [-0.3, -0.25) is 0 Å². The first kappa shape index (κ1) is 15.1. The van der Waals surface area contributed by atoms with Crippen LogP contribution in [0.5, 0.6) is 5.75 Å². The summed E-state index contributed by atoms with van der Waals surface area (Å²) >= 11 is 3.46. The summed E-state index contributed by atoms with van der Waals surface area (Å²) in [5.74, 6) is 0.335. The molecule has 0 bridgehead atoms. The SMILES string of the molecule is CCNC(Cc1ccc(Br)cc1)Cc1cccc(O)c1. The van der Waals surface area contributed by atoms with E-state index in [1.807, 2.05) is 12.1 Å². The van der Waals surface area contributed by atoms with Crippen molar-refractivity contribution in [2.75, 3.05) is 6.54 Å². The Morgan fingerprint density at radius 1 is 1.05 bits per heavy atom. The number of phenolic OH excluding ortho intramolecular Hbond substituents is 1. The van der Waals surface area contributed by atoms with E-state index in [1.165, 1.54) is 5.56 Å². The third-order valence-corrected chi connectivity index (χ3v) is 3.81. The van der Waals surface area contributed by atoms with Gasteiger partial charge < -0.3 is 10.4 Å². The minimum atomic E-state index is 0.335. The first-order chi connectivity index (χ1) is 9.67. The van der Waals surface area contributed by atoms with Gasteiger partial charge in [0.25, 0.3) is 0 Å². The van der Waals surface area contributed by atoms with Crippen LogP contribution in [0.4, 0.5) is 0 Å². The lowest BCUT2D eigenvalue weighted by Gasteiger charge is -2.18. The fourth-order valence-corrected chi connectivity index (χ4v) is 2.64. The lowest BCUT2D eigenvalue weighted by atomic mass is 9.99. The summed E-state index contributed by atoms with van der Waals surface area (Å²) in [5.41, 5.74) is 2.48. The number of aromatic hydroxyl groups is 1. The molecule has 0 amide bonds. The molecule has 0 heterocycles. The van der Waals surface area contributed by atoms with Gasteiger partial charge in [-0.25, -0.2) is 0 Å². The van der Waals surface area contributed by atoms with Gasteiger partial charge in [0.15, 0.2) is 0 Å². The highest BCUT2D eigenvalue weighted by Gasteiger charge is 2.10. The van der Waals surface area contributed by atoms with Crippen LogP contribution in [0.3, 0.4) is 0 Å². The molecule has 2 N–H and O–H groups in total. The second-order valence-corrected chi connectivity index (χ2v) is 5.87. The van der Waals surface area contributed by atoms with Crippen LogP contribution >= 0.6 is 15.9 Å². The van der Waals surface area contributed by atoms with Crippen molar-refractivity contribution >= 4 is 15.9 Å². The predicted octanol–water partition coefficient (Wildman–Crippen LogP) is 3.92. The van der Waals surface area contributed by atoms with Crippen molar-refractivity contribution in [3.63, 3.8) is 0 Å². The topological polar surface area (TPSA) is 32.3 Å². The Bertz CT molecular complexity index is 539. The zero-order valence-corrected chi connectivity index (χ0v) is 13.2. The number of hydrogen-bond acceptors (Lipinski definition) is 2. The Kier molecular flexibility index (Phi) is 5.62. The van der Waals surface area contributed by atoms with Crippen molar-refractivity contribution in [1.82, 2.24) is 5.32 Å². The summed E-state index contributed by atoms with van der Waals surface area (Å²) in [6, 6.07) is 16.3. The molecule has 0 saturated carbocycles. The maximum atomic E-state index is 9.55. The minimum Gasteiger partial charge on any atom is -0.508 e. The summed E-state index contributed by atoms with van der Waals surface area (Å²) in [4.78, 5) is 0. The Morgan fingerprint density at radius 2 is 1.75 bits per heavy atom. The largest absolute Gasteiger partial charge is 0.508 e. The van der Waals surface area contributed by atoms with Gasteiger partial charge in [-0.2, -0.15) is 0 Å². The molecule has 1 unspecified atom stereocenters. The highest BCUT2D eigenvalue weighted by atomic mass is 79.9. The molecular formula is C17H20BrNO. The van der Waals surface area contributed by atoms with Gasteiger partial charge in [0.05, 0.1) is 0 Å². The van der Waals surface area contributed by atoms with Gasteiger partial charge in [-0.1, -0.05) is 47.1 Å². The molecule has 2 nitrogen and oxygen atoms in total. The van der Waals surface area contributed by atoms with E-state index in [-0.39, 0.29) is 0 Å². The Morgan fingerprint density at radius 3 is 2.40 bits per heavy atom. The lowest BCUT2D eigenvalue weighted by molar-refractivity contribution is 0.472. The number of benzene rings is 2. The molecule has 2 rings (SSSR count). The monoisotopic (exact) mass is 333 g/mol. The van der Waals surface area contributed by atoms with Gasteiger partial charge in [-0.05, 0) is 54.8 Å². The molecule has 0 radical (unpaired) electrons. The fourth-order valence-electron chi connectivity index (χ4n) is 2.38. The van der Waals surface area contributed by atoms with Crippen LogP contribution in [0.25, 0.3) is 0 Å². The first-order valence-electron chi connectivity index (χ1n) is 6.93. The number of rotatable bonds is 6. The van der Waals surface area contributed by atoms with E-state index in [0.717, 1.165) is 29.4 Å². The molecule has 1 atom stereocenters. The van der Waals surface area contributed by atoms with E-state index in [0.29, 0.717) is 11.8 Å². The molecular weight excluding hydrogens is 314 g/mol. The van der Waals surface area contributed by atoms with E-state index < -0.39 is 0 Å². The summed E-state index contributed by atoms with van der Waals surface area (Å²) < 4.78 is 1.11. The standard InChI is InChI=1S/C17H20BrNO/c1-2-19-16(10-13-6-8-15(18)9-7-13)11-14-4-3-5-17(20)12-14/h3-9,12,16,19-20H,2,10-11H2,1H3. The van der Waals surface area contributed by atoms with Crippen LogP contribution < -0.4 is 5.32 Å². The predicted molar refractivity (Wildman–Crippen MR) is 87.1 cm³/mol. The first-order valence-corrected chi connectivity index (χ1v) is 7.72. The molecule has 106 valence electrons. The van der Waals surface area contributed by atoms with E-state index in [2.05, 4.69) is 58.5 Å². The average molecular weight is 334 g/mol. The fraction of sp³-hybridized carbons (Fsp3) is 0.294. The van der Waals surface area contributed by atoms with E-state index in [1.54, 1.807) is 6.07 Å². The van der Waals surface area contributed by atoms with Crippen molar-refractivity contribution in [3.8, 4) is 5.75 Å². The highest BCUT2D eigenvalue weighted by molar-refractivity contribution is 9.10. The van der Waals surface area contributed by atoms with Crippen LogP contribution in [-0.2, 0) is 12.8 Å². The van der Waals surface area contributed by atoms with Gasteiger partial charge in [0, 0.05) is 10.5 Å². The van der Waals surface area contributed by atoms with Crippen molar-refractivity contribution in [2.24, 2.45) is 0 Å². The maximum absolute atomic E-state index is 9.55. The second kappa shape index (κ2) is 7.46. The van der Waals surface area contributed by atoms with Crippen LogP contribution in [-0.4, -0.2) is 17.7 Å². The molecule has 0 spiro atoms. The summed E-state index contributed by atoms with van der Waals surface area (Å²) in [7, 11) is 0. The second-order valence-electron chi connectivity index (χ2n) is 4.96. The normalized spacial score (nSPS) is 12.3. The average Bonchev–Trinajstić information content (AvgIpc) is 2.42. The van der Waals surface area contributed by atoms with E-state index in [4.69, 9.17) is 0 Å². The number of hydrogen-bond donors (Lipinski definition) is 2. The molecule has 2 aromatic carbocycles. The highest BCUT2D eigenvalue weighted by Crippen LogP contribution is 2.16. The van der Waals surface area contributed by atoms with E-state index >= 15 is 0 Å². The number of likely N-dealkylation sites (N-methyl/N-ethyl adjacent to an activating group) is 1. The third-order valence-electron chi connectivity index (χ3n) is 3.28. The van der Waals surface area contributed by atoms with Crippen molar-refractivity contribution in [2.45, 2.75) is 25.8 Å². The number of halogens is 1. The third kappa shape index (κ3) is 4.66. The molecule has 0 aliphatic carbocycles. The van der Waals surface area contributed by atoms with Crippen LogP contribution in [0, 0.1) is 0 Å². The van der Waals surface area contributed by atoms with Crippen LogP contribution in [0.1, 0.15) is 18.1 Å². The zero-order valence-electron chi connectivity index (χ0n) is 11.6. The molecule has 0 aromatic heterocycles.